The fourth-order valence-corrected chi connectivity index (χ4v) is 3.67. The van der Waals surface area contributed by atoms with Gasteiger partial charge in [0.05, 0.1) is 18.8 Å². The first kappa shape index (κ1) is 19.8. The number of hydrogen-bond donors (Lipinski definition) is 1. The average molecular weight is 407 g/mol. The summed E-state index contributed by atoms with van der Waals surface area (Å²) >= 11 is 0. The molecule has 9 heteroatoms. The van der Waals surface area contributed by atoms with Crippen LogP contribution in [-0.4, -0.2) is 54.1 Å². The van der Waals surface area contributed by atoms with Crippen molar-refractivity contribution in [1.29, 1.82) is 0 Å². The first-order valence-corrected chi connectivity index (χ1v) is 10.2. The molecule has 4 rings (SSSR count). The number of benzene rings is 1. The van der Waals surface area contributed by atoms with Crippen LogP contribution in [0.15, 0.2) is 48.8 Å². The third-order valence-electron chi connectivity index (χ3n) is 5.29. The first-order chi connectivity index (χ1) is 14.6. The van der Waals surface area contributed by atoms with Gasteiger partial charge in [0.2, 0.25) is 0 Å². The molecule has 0 spiro atoms. The molecule has 0 radical (unpaired) electrons. The number of likely N-dealkylation sites (tertiary alicyclic amines) is 1. The molecular formula is C21H25N7O2. The molecule has 1 saturated heterocycles. The summed E-state index contributed by atoms with van der Waals surface area (Å²) in [6.07, 6.45) is 5.27. The smallest absolute Gasteiger partial charge is 0.274 e. The van der Waals surface area contributed by atoms with Crippen molar-refractivity contribution in [2.24, 2.45) is 0 Å². The maximum absolute atomic E-state index is 12.9. The highest BCUT2D eigenvalue weighted by atomic mass is 16.2. The van der Waals surface area contributed by atoms with Crippen LogP contribution in [0.3, 0.4) is 0 Å². The van der Waals surface area contributed by atoms with Gasteiger partial charge in [-0.15, -0.1) is 5.10 Å². The van der Waals surface area contributed by atoms with Crippen molar-refractivity contribution in [3.8, 4) is 0 Å². The summed E-state index contributed by atoms with van der Waals surface area (Å²) in [5.74, 6) is -0.333. The van der Waals surface area contributed by atoms with Crippen LogP contribution < -0.4 is 5.32 Å². The van der Waals surface area contributed by atoms with Gasteiger partial charge in [-0.05, 0) is 31.4 Å². The fraction of sp³-hybridized carbons (Fsp3) is 0.381. The SMILES string of the molecule is CCn1ccc(C(=O)N2CCC[C@H]2Cn2cc(C(=O)NCc3ccccc3)nn2)n1. The number of rotatable bonds is 7. The summed E-state index contributed by atoms with van der Waals surface area (Å²) < 4.78 is 3.38. The van der Waals surface area contributed by atoms with E-state index in [9.17, 15) is 9.59 Å². The Labute approximate surface area is 174 Å². The van der Waals surface area contributed by atoms with E-state index in [1.54, 1.807) is 21.6 Å². The Hall–Kier alpha value is -3.49. The van der Waals surface area contributed by atoms with Gasteiger partial charge in [0, 0.05) is 25.8 Å². The van der Waals surface area contributed by atoms with E-state index in [-0.39, 0.29) is 23.6 Å². The highest BCUT2D eigenvalue weighted by molar-refractivity contribution is 5.92. The van der Waals surface area contributed by atoms with E-state index in [4.69, 9.17) is 0 Å². The maximum Gasteiger partial charge on any atom is 0.274 e. The minimum atomic E-state index is -0.269. The lowest BCUT2D eigenvalue weighted by atomic mass is 10.2. The van der Waals surface area contributed by atoms with E-state index in [0.29, 0.717) is 25.3 Å². The van der Waals surface area contributed by atoms with Crippen molar-refractivity contribution in [2.45, 2.75) is 45.4 Å². The molecule has 0 saturated carbocycles. The average Bonchev–Trinajstić information content (AvgIpc) is 3.53. The van der Waals surface area contributed by atoms with Crippen molar-refractivity contribution in [3.63, 3.8) is 0 Å². The predicted molar refractivity (Wildman–Crippen MR) is 110 cm³/mol. The Morgan fingerprint density at radius 2 is 1.97 bits per heavy atom. The molecule has 1 atom stereocenters. The van der Waals surface area contributed by atoms with Crippen LogP contribution in [0.1, 0.15) is 46.3 Å². The highest BCUT2D eigenvalue weighted by Crippen LogP contribution is 2.21. The van der Waals surface area contributed by atoms with E-state index >= 15 is 0 Å². The van der Waals surface area contributed by atoms with Gasteiger partial charge in [-0.1, -0.05) is 35.5 Å². The summed E-state index contributed by atoms with van der Waals surface area (Å²) in [4.78, 5) is 27.1. The number of carbonyl (C=O) groups excluding carboxylic acids is 2. The monoisotopic (exact) mass is 407 g/mol. The molecule has 2 aromatic heterocycles. The zero-order valence-corrected chi connectivity index (χ0v) is 16.9. The van der Waals surface area contributed by atoms with E-state index < -0.39 is 0 Å². The third kappa shape index (κ3) is 4.40. The molecule has 1 fully saturated rings. The molecule has 0 bridgehead atoms. The van der Waals surface area contributed by atoms with Crippen LogP contribution in [0.25, 0.3) is 0 Å². The van der Waals surface area contributed by atoms with Crippen LogP contribution in [0.2, 0.25) is 0 Å². The number of nitrogens with one attached hydrogen (secondary N) is 1. The van der Waals surface area contributed by atoms with Crippen LogP contribution in [0.5, 0.6) is 0 Å². The quantitative estimate of drug-likeness (QED) is 0.643. The highest BCUT2D eigenvalue weighted by Gasteiger charge is 2.31. The summed E-state index contributed by atoms with van der Waals surface area (Å²) in [5, 5.41) is 15.3. The zero-order chi connectivity index (χ0) is 20.9. The van der Waals surface area contributed by atoms with Crippen LogP contribution in [0, 0.1) is 0 Å². The Morgan fingerprint density at radius 1 is 1.13 bits per heavy atom. The van der Waals surface area contributed by atoms with E-state index in [0.717, 1.165) is 24.9 Å². The first-order valence-electron chi connectivity index (χ1n) is 10.2. The van der Waals surface area contributed by atoms with Gasteiger partial charge < -0.3 is 10.2 Å². The largest absolute Gasteiger partial charge is 0.347 e. The molecule has 1 aliphatic heterocycles. The Bertz CT molecular complexity index is 1010. The van der Waals surface area contributed by atoms with Crippen LogP contribution >= 0.6 is 0 Å². The number of carbonyl (C=O) groups is 2. The number of nitrogens with zero attached hydrogens (tertiary/aromatic N) is 6. The number of amides is 2. The van der Waals surface area contributed by atoms with Crippen molar-refractivity contribution < 1.29 is 9.59 Å². The van der Waals surface area contributed by atoms with Gasteiger partial charge in [0.1, 0.15) is 5.69 Å². The van der Waals surface area contributed by atoms with Crippen LogP contribution in [-0.2, 0) is 19.6 Å². The molecule has 156 valence electrons. The normalized spacial score (nSPS) is 16.0. The second-order valence-electron chi connectivity index (χ2n) is 7.35. The van der Waals surface area contributed by atoms with Gasteiger partial charge in [0.15, 0.2) is 5.69 Å². The lowest BCUT2D eigenvalue weighted by Crippen LogP contribution is -2.38. The van der Waals surface area contributed by atoms with Crippen molar-refractivity contribution >= 4 is 11.8 Å². The topological polar surface area (TPSA) is 97.9 Å². The van der Waals surface area contributed by atoms with Gasteiger partial charge in [-0.25, -0.2) is 4.68 Å². The molecular weight excluding hydrogens is 382 g/mol. The molecule has 3 heterocycles. The van der Waals surface area contributed by atoms with Gasteiger partial charge in [0.25, 0.3) is 11.8 Å². The molecule has 0 unspecified atom stereocenters. The molecule has 30 heavy (non-hydrogen) atoms. The minimum absolute atomic E-state index is 0.00575. The summed E-state index contributed by atoms with van der Waals surface area (Å²) in [7, 11) is 0. The van der Waals surface area contributed by atoms with Crippen molar-refractivity contribution in [2.75, 3.05) is 6.54 Å². The second kappa shape index (κ2) is 8.89. The molecule has 9 nitrogen and oxygen atoms in total. The third-order valence-corrected chi connectivity index (χ3v) is 5.29. The number of hydrogen-bond acceptors (Lipinski definition) is 5. The molecule has 0 aliphatic carbocycles. The van der Waals surface area contributed by atoms with Crippen LogP contribution in [0.4, 0.5) is 0 Å². The van der Waals surface area contributed by atoms with E-state index in [2.05, 4.69) is 20.7 Å². The molecule has 3 aromatic rings. The Kier molecular flexibility index (Phi) is 5.87. The molecule has 1 aromatic carbocycles. The van der Waals surface area contributed by atoms with Crippen molar-refractivity contribution in [1.82, 2.24) is 35.0 Å². The maximum atomic E-state index is 12.9. The molecule has 1 N–H and O–H groups in total. The lowest BCUT2D eigenvalue weighted by Gasteiger charge is -2.23. The second-order valence-corrected chi connectivity index (χ2v) is 7.35. The molecule has 1 aliphatic rings. The Morgan fingerprint density at radius 3 is 2.73 bits per heavy atom. The zero-order valence-electron chi connectivity index (χ0n) is 16.9. The Balaban J connectivity index is 1.36. The predicted octanol–water partition coefficient (Wildman–Crippen LogP) is 1.73. The molecule has 2 amide bonds. The summed E-state index contributed by atoms with van der Waals surface area (Å²) in [5.41, 5.74) is 1.75. The standard InChI is InChI=1S/C21H25N7O2/c1-2-26-12-10-18(24-26)21(30)28-11-6-9-17(28)14-27-15-19(23-25-27)20(29)22-13-16-7-4-3-5-8-16/h3-5,7-8,10,12,15,17H,2,6,9,11,13-14H2,1H3,(H,22,29)/t17-/m0/s1. The summed E-state index contributed by atoms with van der Waals surface area (Å²) in [6.45, 7) is 4.34. The van der Waals surface area contributed by atoms with Gasteiger partial charge in [-0.3, -0.25) is 14.3 Å². The minimum Gasteiger partial charge on any atom is -0.347 e. The lowest BCUT2D eigenvalue weighted by molar-refractivity contribution is 0.0714. The summed E-state index contributed by atoms with van der Waals surface area (Å²) in [6, 6.07) is 11.5. The van der Waals surface area contributed by atoms with E-state index in [1.165, 1.54) is 0 Å². The number of aromatic nitrogens is 5. The number of aryl methyl sites for hydroxylation is 1. The fourth-order valence-electron chi connectivity index (χ4n) is 3.67. The van der Waals surface area contributed by atoms with Gasteiger partial charge >= 0.3 is 0 Å². The van der Waals surface area contributed by atoms with E-state index in [1.807, 2.05) is 48.4 Å². The van der Waals surface area contributed by atoms with Crippen molar-refractivity contribution in [3.05, 3.63) is 65.7 Å². The van der Waals surface area contributed by atoms with Gasteiger partial charge in [-0.2, -0.15) is 5.10 Å².